The highest BCUT2D eigenvalue weighted by Gasteiger charge is 2.31. The maximum Gasteiger partial charge on any atom is 0.407 e. The van der Waals surface area contributed by atoms with Crippen molar-refractivity contribution in [1.29, 1.82) is 0 Å². The lowest BCUT2D eigenvalue weighted by Crippen LogP contribution is -2.55. The molecule has 1 aliphatic carbocycles. The van der Waals surface area contributed by atoms with Crippen molar-refractivity contribution in [2.75, 3.05) is 27.2 Å². The van der Waals surface area contributed by atoms with Gasteiger partial charge in [0.15, 0.2) is 0 Å². The molecule has 3 rings (SSSR count). The van der Waals surface area contributed by atoms with Gasteiger partial charge in [-0.3, -0.25) is 4.79 Å². The smallest absolute Gasteiger partial charge is 0.407 e. The third kappa shape index (κ3) is 6.14. The van der Waals surface area contributed by atoms with Crippen LogP contribution < -0.4 is 10.6 Å². The van der Waals surface area contributed by atoms with Crippen LogP contribution in [-0.2, 0) is 14.3 Å². The summed E-state index contributed by atoms with van der Waals surface area (Å²) < 4.78 is 5.55. The highest BCUT2D eigenvalue weighted by Crippen LogP contribution is 2.44. The molecule has 8 heteroatoms. The number of aliphatic carboxylic acids is 1. The zero-order valence-corrected chi connectivity index (χ0v) is 20.1. The SMILES string of the molecule is CC(C)C[C@@H](NC(=O)[C@H](CN(C)C)NC(=O)OCC1c2ccccc2-c2ccccc21)C(=O)O. The Morgan fingerprint density at radius 1 is 0.941 bits per heavy atom. The molecule has 0 saturated carbocycles. The van der Waals surface area contributed by atoms with Gasteiger partial charge in [0.25, 0.3) is 0 Å². The fraction of sp³-hybridized carbons (Fsp3) is 0.423. The normalized spacial score (nSPS) is 14.3. The summed E-state index contributed by atoms with van der Waals surface area (Å²) in [6.07, 6.45) is -0.430. The molecule has 0 aromatic heterocycles. The number of ether oxygens (including phenoxy) is 1. The van der Waals surface area contributed by atoms with Gasteiger partial charge < -0.3 is 25.4 Å². The van der Waals surface area contributed by atoms with Crippen molar-refractivity contribution in [3.63, 3.8) is 0 Å². The second-order valence-corrected chi connectivity index (χ2v) is 9.31. The fourth-order valence-corrected chi connectivity index (χ4v) is 4.31. The Labute approximate surface area is 200 Å². The van der Waals surface area contributed by atoms with Gasteiger partial charge in [0, 0.05) is 12.5 Å². The number of hydrogen-bond donors (Lipinski definition) is 3. The van der Waals surface area contributed by atoms with E-state index in [1.807, 2.05) is 50.2 Å². The lowest BCUT2D eigenvalue weighted by atomic mass is 9.98. The van der Waals surface area contributed by atoms with E-state index in [-0.39, 0.29) is 25.0 Å². The number of hydrogen-bond acceptors (Lipinski definition) is 5. The number of likely N-dealkylation sites (N-methyl/N-ethyl adjacent to an activating group) is 1. The van der Waals surface area contributed by atoms with Crippen LogP contribution in [-0.4, -0.2) is 67.3 Å². The maximum atomic E-state index is 12.8. The van der Waals surface area contributed by atoms with Crippen LogP contribution in [0.3, 0.4) is 0 Å². The number of nitrogens with zero attached hydrogens (tertiary/aromatic N) is 1. The van der Waals surface area contributed by atoms with E-state index in [2.05, 4.69) is 22.8 Å². The summed E-state index contributed by atoms with van der Waals surface area (Å²) >= 11 is 0. The molecule has 0 spiro atoms. The number of benzene rings is 2. The third-order valence-electron chi connectivity index (χ3n) is 5.82. The second-order valence-electron chi connectivity index (χ2n) is 9.31. The van der Waals surface area contributed by atoms with Gasteiger partial charge in [-0.25, -0.2) is 9.59 Å². The largest absolute Gasteiger partial charge is 0.480 e. The highest BCUT2D eigenvalue weighted by atomic mass is 16.5. The van der Waals surface area contributed by atoms with E-state index >= 15 is 0 Å². The average Bonchev–Trinajstić information content (AvgIpc) is 3.10. The van der Waals surface area contributed by atoms with Crippen LogP contribution in [0.5, 0.6) is 0 Å². The van der Waals surface area contributed by atoms with Gasteiger partial charge in [-0.2, -0.15) is 0 Å². The summed E-state index contributed by atoms with van der Waals surface area (Å²) in [5.74, 6) is -1.67. The number of fused-ring (bicyclic) bond motifs is 3. The molecule has 0 unspecified atom stereocenters. The first-order chi connectivity index (χ1) is 16.2. The molecule has 2 aromatic rings. The average molecular weight is 468 g/mol. The first-order valence-electron chi connectivity index (χ1n) is 11.5. The number of rotatable bonds is 10. The Bertz CT molecular complexity index is 991. The molecule has 0 aliphatic heterocycles. The molecule has 1 aliphatic rings. The molecule has 0 fully saturated rings. The minimum atomic E-state index is -1.10. The minimum absolute atomic E-state index is 0.0868. The van der Waals surface area contributed by atoms with Gasteiger partial charge in [0.1, 0.15) is 18.7 Å². The Morgan fingerprint density at radius 3 is 2.00 bits per heavy atom. The van der Waals surface area contributed by atoms with Crippen LogP contribution in [0.1, 0.15) is 37.3 Å². The topological polar surface area (TPSA) is 108 Å². The van der Waals surface area contributed by atoms with Crippen LogP contribution >= 0.6 is 0 Å². The standard InChI is InChI=1S/C26H33N3O5/c1-16(2)13-22(25(31)32)27-24(30)23(14-29(3)4)28-26(33)34-15-21-19-11-7-5-9-17(19)18-10-6-8-12-20(18)21/h5-12,16,21-23H,13-15H2,1-4H3,(H,27,30)(H,28,33)(H,31,32)/t22-,23+/m1/s1. The molecule has 2 amide bonds. The zero-order chi connectivity index (χ0) is 24.8. The maximum absolute atomic E-state index is 12.8. The van der Waals surface area contributed by atoms with E-state index in [9.17, 15) is 19.5 Å². The van der Waals surface area contributed by atoms with Gasteiger partial charge in [-0.1, -0.05) is 62.4 Å². The summed E-state index contributed by atoms with van der Waals surface area (Å²) in [6, 6.07) is 14.1. The van der Waals surface area contributed by atoms with Crippen molar-refractivity contribution in [3.8, 4) is 11.1 Å². The van der Waals surface area contributed by atoms with Crippen LogP contribution in [0, 0.1) is 5.92 Å². The van der Waals surface area contributed by atoms with Crippen LogP contribution in [0.2, 0.25) is 0 Å². The molecule has 2 atom stereocenters. The van der Waals surface area contributed by atoms with E-state index in [0.29, 0.717) is 6.42 Å². The summed E-state index contributed by atoms with van der Waals surface area (Å²) in [5.41, 5.74) is 4.44. The molecule has 0 radical (unpaired) electrons. The van der Waals surface area contributed by atoms with Crippen molar-refractivity contribution >= 4 is 18.0 Å². The van der Waals surface area contributed by atoms with Crippen LogP contribution in [0.25, 0.3) is 11.1 Å². The van der Waals surface area contributed by atoms with Crippen molar-refractivity contribution in [2.45, 2.75) is 38.3 Å². The Kier molecular flexibility index (Phi) is 8.28. The van der Waals surface area contributed by atoms with E-state index in [0.717, 1.165) is 22.3 Å². The predicted molar refractivity (Wildman–Crippen MR) is 130 cm³/mol. The van der Waals surface area contributed by atoms with Crippen molar-refractivity contribution < 1.29 is 24.2 Å². The van der Waals surface area contributed by atoms with Crippen molar-refractivity contribution in [1.82, 2.24) is 15.5 Å². The summed E-state index contributed by atoms with van der Waals surface area (Å²) in [6.45, 7) is 4.09. The van der Waals surface area contributed by atoms with Gasteiger partial charge >= 0.3 is 12.1 Å². The second kappa shape index (κ2) is 11.2. The fourth-order valence-electron chi connectivity index (χ4n) is 4.31. The molecule has 0 heterocycles. The highest BCUT2D eigenvalue weighted by molar-refractivity contribution is 5.89. The van der Waals surface area contributed by atoms with E-state index in [4.69, 9.17) is 4.74 Å². The minimum Gasteiger partial charge on any atom is -0.480 e. The lowest BCUT2D eigenvalue weighted by Gasteiger charge is -2.24. The Hall–Kier alpha value is -3.39. The number of amides is 2. The summed E-state index contributed by atoms with van der Waals surface area (Å²) in [5, 5.41) is 14.6. The van der Waals surface area contributed by atoms with Gasteiger partial charge in [0.2, 0.25) is 5.91 Å². The Morgan fingerprint density at radius 2 is 1.50 bits per heavy atom. The molecule has 0 saturated heterocycles. The Balaban J connectivity index is 1.66. The van der Waals surface area contributed by atoms with E-state index in [1.54, 1.807) is 19.0 Å². The van der Waals surface area contributed by atoms with Crippen LogP contribution in [0.4, 0.5) is 4.79 Å². The molecular formula is C26H33N3O5. The van der Waals surface area contributed by atoms with Crippen molar-refractivity contribution in [3.05, 3.63) is 59.7 Å². The molecular weight excluding hydrogens is 434 g/mol. The number of carboxylic acid groups (broad SMARTS) is 1. The van der Waals surface area contributed by atoms with E-state index in [1.165, 1.54) is 0 Å². The summed E-state index contributed by atoms with van der Waals surface area (Å²) in [7, 11) is 3.53. The van der Waals surface area contributed by atoms with E-state index < -0.39 is 30.1 Å². The first kappa shape index (κ1) is 25.2. The number of alkyl carbamates (subject to hydrolysis) is 1. The molecule has 0 bridgehead atoms. The molecule has 2 aromatic carbocycles. The lowest BCUT2D eigenvalue weighted by molar-refractivity contribution is -0.142. The predicted octanol–water partition coefficient (Wildman–Crippen LogP) is 3.07. The molecule has 8 nitrogen and oxygen atoms in total. The van der Waals surface area contributed by atoms with Gasteiger partial charge in [-0.15, -0.1) is 0 Å². The quantitative estimate of drug-likeness (QED) is 0.496. The van der Waals surface area contributed by atoms with Crippen LogP contribution in [0.15, 0.2) is 48.5 Å². The number of carboxylic acids is 1. The third-order valence-corrected chi connectivity index (χ3v) is 5.82. The van der Waals surface area contributed by atoms with Crippen molar-refractivity contribution in [2.24, 2.45) is 5.92 Å². The summed E-state index contributed by atoms with van der Waals surface area (Å²) in [4.78, 5) is 38.8. The first-order valence-corrected chi connectivity index (χ1v) is 11.5. The molecule has 3 N–H and O–H groups in total. The molecule has 182 valence electrons. The number of carbonyl (C=O) groups is 3. The van der Waals surface area contributed by atoms with Gasteiger partial charge in [0.05, 0.1) is 0 Å². The number of carbonyl (C=O) groups excluding carboxylic acids is 2. The number of nitrogens with one attached hydrogen (secondary N) is 2. The van der Waals surface area contributed by atoms with Gasteiger partial charge in [-0.05, 0) is 48.7 Å². The monoisotopic (exact) mass is 467 g/mol. The zero-order valence-electron chi connectivity index (χ0n) is 20.1. The molecule has 34 heavy (non-hydrogen) atoms.